The number of phenolic OH excluding ortho intramolecular Hbond substituents is 2. The van der Waals surface area contributed by atoms with Gasteiger partial charge < -0.3 is 14.9 Å². The van der Waals surface area contributed by atoms with E-state index in [0.717, 1.165) is 18.2 Å². The number of hydrogen-bond acceptors (Lipinski definition) is 7. The molecule has 2 aromatic carbocycles. The van der Waals surface area contributed by atoms with Gasteiger partial charge >= 0.3 is 0 Å². The molecule has 0 aliphatic rings. The minimum absolute atomic E-state index is 0.0769. The van der Waals surface area contributed by atoms with Crippen LogP contribution in [0.1, 0.15) is 15.9 Å². The van der Waals surface area contributed by atoms with Gasteiger partial charge in [-0.25, -0.2) is 5.43 Å². The van der Waals surface area contributed by atoms with E-state index in [0.29, 0.717) is 5.75 Å². The molecule has 2 aromatic rings. The second-order valence-corrected chi connectivity index (χ2v) is 4.58. The van der Waals surface area contributed by atoms with Gasteiger partial charge in [-0.15, -0.1) is 0 Å². The van der Waals surface area contributed by atoms with Gasteiger partial charge in [0.05, 0.1) is 23.8 Å². The van der Waals surface area contributed by atoms with E-state index in [4.69, 9.17) is 4.74 Å². The van der Waals surface area contributed by atoms with E-state index in [2.05, 4.69) is 10.5 Å². The van der Waals surface area contributed by atoms with Crippen LogP contribution in [0.4, 0.5) is 5.69 Å². The van der Waals surface area contributed by atoms with E-state index in [1.807, 2.05) is 0 Å². The Morgan fingerprint density at radius 1 is 1.25 bits per heavy atom. The molecule has 0 spiro atoms. The monoisotopic (exact) mass is 331 g/mol. The number of aromatic hydroxyl groups is 2. The number of methoxy groups -OCH3 is 1. The number of nitrogens with one attached hydrogen (secondary N) is 1. The number of nitro groups is 1. The minimum Gasteiger partial charge on any atom is -0.507 e. The van der Waals surface area contributed by atoms with Crippen molar-refractivity contribution < 1.29 is 24.7 Å². The molecule has 3 N–H and O–H groups in total. The number of carbonyl (C=O) groups excluding carboxylic acids is 1. The van der Waals surface area contributed by atoms with E-state index in [-0.39, 0.29) is 22.6 Å². The molecule has 0 radical (unpaired) electrons. The number of benzene rings is 2. The van der Waals surface area contributed by atoms with Gasteiger partial charge in [-0.1, -0.05) is 0 Å². The maximum Gasteiger partial charge on any atom is 0.275 e. The fourth-order valence-corrected chi connectivity index (χ4v) is 1.80. The molecule has 24 heavy (non-hydrogen) atoms. The molecule has 0 unspecified atom stereocenters. The lowest BCUT2D eigenvalue weighted by atomic mass is 10.1. The summed E-state index contributed by atoms with van der Waals surface area (Å²) in [5.41, 5.74) is 1.77. The summed E-state index contributed by atoms with van der Waals surface area (Å²) >= 11 is 0. The Hall–Kier alpha value is -3.62. The Labute approximate surface area is 136 Å². The average Bonchev–Trinajstić information content (AvgIpc) is 2.56. The summed E-state index contributed by atoms with van der Waals surface area (Å²) in [6.45, 7) is 0. The van der Waals surface area contributed by atoms with E-state index in [1.165, 1.54) is 25.5 Å². The Morgan fingerprint density at radius 3 is 2.62 bits per heavy atom. The Bertz CT molecular complexity index is 819. The first-order chi connectivity index (χ1) is 11.4. The largest absolute Gasteiger partial charge is 0.507 e. The smallest absolute Gasteiger partial charge is 0.275 e. The highest BCUT2D eigenvalue weighted by Gasteiger charge is 2.16. The number of hydrazone groups is 1. The Kier molecular flexibility index (Phi) is 4.95. The number of hydrogen-bond donors (Lipinski definition) is 3. The van der Waals surface area contributed by atoms with Gasteiger partial charge in [-0.2, -0.15) is 5.10 Å². The quantitative estimate of drug-likeness (QED) is 0.434. The first kappa shape index (κ1) is 16.7. The molecule has 0 aliphatic carbocycles. The van der Waals surface area contributed by atoms with Gasteiger partial charge in [-0.05, 0) is 24.3 Å². The molecule has 0 aliphatic heterocycles. The molecule has 0 atom stereocenters. The number of rotatable bonds is 5. The summed E-state index contributed by atoms with van der Waals surface area (Å²) in [6, 6.07) is 7.49. The molecule has 1 amide bonds. The predicted octanol–water partition coefficient (Wildman–Crippen LogP) is 1.78. The van der Waals surface area contributed by atoms with Crippen molar-refractivity contribution in [3.8, 4) is 17.2 Å². The van der Waals surface area contributed by atoms with Gasteiger partial charge in [0.2, 0.25) is 0 Å². The predicted molar refractivity (Wildman–Crippen MR) is 84.5 cm³/mol. The van der Waals surface area contributed by atoms with Crippen molar-refractivity contribution in [2.45, 2.75) is 0 Å². The van der Waals surface area contributed by atoms with E-state index < -0.39 is 16.6 Å². The van der Waals surface area contributed by atoms with Crippen LogP contribution in [-0.2, 0) is 0 Å². The average molecular weight is 331 g/mol. The second kappa shape index (κ2) is 7.09. The van der Waals surface area contributed by atoms with Crippen LogP contribution in [0.5, 0.6) is 17.2 Å². The van der Waals surface area contributed by atoms with Gasteiger partial charge in [0.25, 0.3) is 11.6 Å². The molecule has 0 fully saturated rings. The normalized spacial score (nSPS) is 10.5. The third kappa shape index (κ3) is 3.77. The molecular formula is C15H13N3O6. The highest BCUT2D eigenvalue weighted by molar-refractivity contribution is 5.98. The van der Waals surface area contributed by atoms with Crippen LogP contribution in [0.2, 0.25) is 0 Å². The number of ether oxygens (including phenoxy) is 1. The number of nitro benzene ring substituents is 1. The molecular weight excluding hydrogens is 318 g/mol. The van der Waals surface area contributed by atoms with Crippen LogP contribution in [0, 0.1) is 10.1 Å². The Morgan fingerprint density at radius 2 is 1.96 bits per heavy atom. The maximum absolute atomic E-state index is 11.9. The molecule has 0 saturated carbocycles. The van der Waals surface area contributed by atoms with Crippen molar-refractivity contribution in [2.24, 2.45) is 5.10 Å². The van der Waals surface area contributed by atoms with Crippen molar-refractivity contribution in [3.05, 3.63) is 57.6 Å². The van der Waals surface area contributed by atoms with Crippen molar-refractivity contribution in [1.29, 1.82) is 0 Å². The van der Waals surface area contributed by atoms with Crippen molar-refractivity contribution in [2.75, 3.05) is 7.11 Å². The van der Waals surface area contributed by atoms with E-state index in [1.54, 1.807) is 6.07 Å². The molecule has 9 heteroatoms. The summed E-state index contributed by atoms with van der Waals surface area (Å²) < 4.78 is 5.00. The van der Waals surface area contributed by atoms with Crippen LogP contribution in [-0.4, -0.2) is 34.4 Å². The third-order valence-corrected chi connectivity index (χ3v) is 3.04. The van der Waals surface area contributed by atoms with Crippen LogP contribution >= 0.6 is 0 Å². The minimum atomic E-state index is -0.838. The first-order valence-corrected chi connectivity index (χ1v) is 6.60. The van der Waals surface area contributed by atoms with Crippen molar-refractivity contribution in [1.82, 2.24) is 5.43 Å². The second-order valence-electron chi connectivity index (χ2n) is 4.58. The summed E-state index contributed by atoms with van der Waals surface area (Å²) in [6.07, 6.45) is 1.17. The zero-order valence-corrected chi connectivity index (χ0v) is 12.5. The zero-order valence-electron chi connectivity index (χ0n) is 12.5. The van der Waals surface area contributed by atoms with E-state index in [9.17, 15) is 25.1 Å². The summed E-state index contributed by atoms with van der Waals surface area (Å²) in [7, 11) is 1.46. The number of non-ortho nitro benzene ring substituents is 1. The summed E-state index contributed by atoms with van der Waals surface area (Å²) in [4.78, 5) is 22.0. The topological polar surface area (TPSA) is 134 Å². The van der Waals surface area contributed by atoms with Crippen LogP contribution < -0.4 is 10.2 Å². The molecule has 0 aromatic heterocycles. The lowest BCUT2D eigenvalue weighted by Gasteiger charge is -2.04. The maximum atomic E-state index is 11.9. The van der Waals surface area contributed by atoms with Gasteiger partial charge in [-0.3, -0.25) is 14.9 Å². The lowest BCUT2D eigenvalue weighted by molar-refractivity contribution is -0.384. The molecule has 0 bridgehead atoms. The van der Waals surface area contributed by atoms with Gasteiger partial charge in [0, 0.05) is 17.7 Å². The lowest BCUT2D eigenvalue weighted by Crippen LogP contribution is -2.18. The number of amides is 1. The van der Waals surface area contributed by atoms with Crippen LogP contribution in [0.25, 0.3) is 0 Å². The van der Waals surface area contributed by atoms with Crippen LogP contribution in [0.15, 0.2) is 41.5 Å². The molecule has 0 saturated heterocycles. The number of carbonyl (C=O) groups is 1. The van der Waals surface area contributed by atoms with Crippen LogP contribution in [0.3, 0.4) is 0 Å². The van der Waals surface area contributed by atoms with Gasteiger partial charge in [0.1, 0.15) is 17.2 Å². The number of nitrogens with zero attached hydrogens (tertiary/aromatic N) is 2. The molecule has 2 rings (SSSR count). The van der Waals surface area contributed by atoms with Gasteiger partial charge in [0.15, 0.2) is 0 Å². The fourth-order valence-electron chi connectivity index (χ4n) is 1.80. The van der Waals surface area contributed by atoms with Crippen molar-refractivity contribution >= 4 is 17.8 Å². The SMILES string of the molecule is COc1ccc(O)c(/C=N\NC(=O)c2cc([N+](=O)[O-])ccc2O)c1. The first-order valence-electron chi connectivity index (χ1n) is 6.60. The van der Waals surface area contributed by atoms with Crippen molar-refractivity contribution in [3.63, 3.8) is 0 Å². The van der Waals surface area contributed by atoms with E-state index >= 15 is 0 Å². The summed E-state index contributed by atoms with van der Waals surface area (Å²) in [5, 5.41) is 33.7. The number of phenols is 2. The standard InChI is InChI=1S/C15H13N3O6/c1-24-11-3-5-13(19)9(6-11)8-16-17-15(21)12-7-10(18(22)23)2-4-14(12)20/h2-8,19-20H,1H3,(H,17,21)/b16-8-. The Balaban J connectivity index is 2.16. The zero-order chi connectivity index (χ0) is 17.7. The fraction of sp³-hybridized carbons (Fsp3) is 0.0667. The highest BCUT2D eigenvalue weighted by Crippen LogP contribution is 2.23. The molecule has 124 valence electrons. The molecule has 0 heterocycles. The highest BCUT2D eigenvalue weighted by atomic mass is 16.6. The third-order valence-electron chi connectivity index (χ3n) is 3.04. The summed E-state index contributed by atoms with van der Waals surface area (Å²) in [5.74, 6) is -0.851. The molecule has 9 nitrogen and oxygen atoms in total.